The van der Waals surface area contributed by atoms with E-state index in [0.29, 0.717) is 30.8 Å². The van der Waals surface area contributed by atoms with E-state index in [1.807, 2.05) is 12.1 Å². The fourth-order valence-electron chi connectivity index (χ4n) is 3.70. The summed E-state index contributed by atoms with van der Waals surface area (Å²) in [6, 6.07) is 9.53. The van der Waals surface area contributed by atoms with Gasteiger partial charge < -0.3 is 4.42 Å². The molecule has 0 aliphatic carbocycles. The van der Waals surface area contributed by atoms with E-state index in [1.54, 1.807) is 0 Å². The zero-order valence-corrected chi connectivity index (χ0v) is 20.1. The van der Waals surface area contributed by atoms with Gasteiger partial charge in [0.15, 0.2) is 0 Å². The van der Waals surface area contributed by atoms with Gasteiger partial charge in [0, 0.05) is 18.7 Å². The van der Waals surface area contributed by atoms with Crippen molar-refractivity contribution >= 4 is 49.2 Å². The fourth-order valence-corrected chi connectivity index (χ4v) is 6.69. The summed E-state index contributed by atoms with van der Waals surface area (Å²) in [4.78, 5) is 13.5. The number of sulfonamides is 1. The van der Waals surface area contributed by atoms with Crippen LogP contribution in [0, 0.1) is 11.8 Å². The Hall–Kier alpha value is -2.08. The first-order valence-corrected chi connectivity index (χ1v) is 12.8. The van der Waals surface area contributed by atoms with Crippen molar-refractivity contribution < 1.29 is 17.6 Å². The van der Waals surface area contributed by atoms with Gasteiger partial charge in [-0.1, -0.05) is 18.9 Å². The predicted molar refractivity (Wildman–Crippen MR) is 121 cm³/mol. The van der Waals surface area contributed by atoms with Crippen LogP contribution < -0.4 is 5.32 Å². The minimum atomic E-state index is -3.60. The number of aromatic nitrogens is 2. The van der Waals surface area contributed by atoms with E-state index in [-0.39, 0.29) is 16.5 Å². The fraction of sp³-hybridized carbons (Fsp3) is 0.350. The maximum Gasteiger partial charge on any atom is 0.322 e. The van der Waals surface area contributed by atoms with Crippen molar-refractivity contribution in [2.45, 2.75) is 25.2 Å². The Morgan fingerprint density at radius 2 is 1.81 bits per heavy atom. The molecule has 11 heteroatoms. The van der Waals surface area contributed by atoms with Crippen LogP contribution in [0.5, 0.6) is 0 Å². The molecule has 1 aliphatic heterocycles. The second-order valence-electron chi connectivity index (χ2n) is 7.76. The summed E-state index contributed by atoms with van der Waals surface area (Å²) in [6.07, 6.45) is 1.02. The lowest BCUT2D eigenvalue weighted by molar-refractivity contribution is 0.102. The van der Waals surface area contributed by atoms with Crippen LogP contribution >= 0.6 is 27.3 Å². The number of halogens is 1. The highest BCUT2D eigenvalue weighted by Crippen LogP contribution is 2.31. The standard InChI is InChI=1S/C20H21BrN4O4S2/c1-12-9-13(2)11-25(10-12)31(27,28)15-5-3-14(4-6-15)18(26)22-20-24-23-19(29-20)16-7-8-17(21)30-16/h3-8,12-13H,9-11H2,1-2H3,(H,22,24,26). The van der Waals surface area contributed by atoms with Gasteiger partial charge in [0.05, 0.1) is 13.6 Å². The van der Waals surface area contributed by atoms with Crippen LogP contribution in [0.3, 0.4) is 0 Å². The van der Waals surface area contributed by atoms with Crippen LogP contribution in [0.25, 0.3) is 10.8 Å². The Bertz CT molecular complexity index is 1180. The Morgan fingerprint density at radius 3 is 2.42 bits per heavy atom. The van der Waals surface area contributed by atoms with E-state index in [1.165, 1.54) is 39.9 Å². The van der Waals surface area contributed by atoms with E-state index < -0.39 is 15.9 Å². The number of carbonyl (C=O) groups is 1. The smallest absolute Gasteiger partial charge is 0.322 e. The lowest BCUT2D eigenvalue weighted by Crippen LogP contribution is -2.42. The van der Waals surface area contributed by atoms with E-state index in [2.05, 4.69) is 45.3 Å². The van der Waals surface area contributed by atoms with Crippen molar-refractivity contribution in [2.75, 3.05) is 18.4 Å². The minimum Gasteiger partial charge on any atom is -0.402 e. The van der Waals surface area contributed by atoms with Gasteiger partial charge in [-0.15, -0.1) is 16.4 Å². The van der Waals surface area contributed by atoms with Crippen molar-refractivity contribution in [1.29, 1.82) is 0 Å². The lowest BCUT2D eigenvalue weighted by Gasteiger charge is -2.34. The predicted octanol–water partition coefficient (Wildman–Crippen LogP) is 4.48. The van der Waals surface area contributed by atoms with Gasteiger partial charge >= 0.3 is 6.01 Å². The monoisotopic (exact) mass is 524 g/mol. The summed E-state index contributed by atoms with van der Waals surface area (Å²) < 4.78 is 33.9. The molecule has 0 bridgehead atoms. The molecule has 31 heavy (non-hydrogen) atoms. The topological polar surface area (TPSA) is 105 Å². The Labute approximate surface area is 192 Å². The highest BCUT2D eigenvalue weighted by Gasteiger charge is 2.31. The average Bonchev–Trinajstić information content (AvgIpc) is 3.36. The molecule has 2 aromatic heterocycles. The summed E-state index contributed by atoms with van der Waals surface area (Å²) in [5.74, 6) is 0.473. The molecule has 3 aromatic rings. The van der Waals surface area contributed by atoms with Gasteiger partial charge in [-0.2, -0.15) is 4.31 Å². The number of piperidine rings is 1. The maximum absolute atomic E-state index is 13.0. The summed E-state index contributed by atoms with van der Waals surface area (Å²) >= 11 is 4.80. The largest absolute Gasteiger partial charge is 0.402 e. The van der Waals surface area contributed by atoms with Gasteiger partial charge in [0.1, 0.15) is 0 Å². The molecule has 1 amide bonds. The van der Waals surface area contributed by atoms with Crippen LogP contribution in [0.2, 0.25) is 0 Å². The second kappa shape index (κ2) is 8.81. The quantitative estimate of drug-likeness (QED) is 0.527. The van der Waals surface area contributed by atoms with Crippen LogP contribution in [0.1, 0.15) is 30.6 Å². The lowest BCUT2D eigenvalue weighted by atomic mass is 9.94. The summed E-state index contributed by atoms with van der Waals surface area (Å²) in [5.41, 5.74) is 0.290. The molecular weight excluding hydrogens is 504 g/mol. The molecule has 3 heterocycles. The first kappa shape index (κ1) is 22.1. The first-order chi connectivity index (χ1) is 14.7. The van der Waals surface area contributed by atoms with Crippen LogP contribution in [0.15, 0.2) is 49.5 Å². The molecule has 164 valence electrons. The number of nitrogens with one attached hydrogen (secondary N) is 1. The molecule has 1 aromatic carbocycles. The van der Waals surface area contributed by atoms with Crippen molar-refractivity contribution in [3.63, 3.8) is 0 Å². The molecular formula is C20H21BrN4O4S2. The Balaban J connectivity index is 1.45. The van der Waals surface area contributed by atoms with Crippen molar-refractivity contribution in [3.8, 4) is 10.8 Å². The molecule has 0 spiro atoms. The number of hydrogen-bond acceptors (Lipinski definition) is 7. The molecule has 1 N–H and O–H groups in total. The van der Waals surface area contributed by atoms with Crippen LogP contribution in [-0.2, 0) is 10.0 Å². The first-order valence-electron chi connectivity index (χ1n) is 9.73. The van der Waals surface area contributed by atoms with Gasteiger partial charge in [-0.05, 0) is 70.6 Å². The van der Waals surface area contributed by atoms with Crippen LogP contribution in [-0.4, -0.2) is 41.9 Å². The normalized spacial score (nSPS) is 20.0. The van der Waals surface area contributed by atoms with Crippen molar-refractivity contribution in [3.05, 3.63) is 45.7 Å². The van der Waals surface area contributed by atoms with Gasteiger partial charge in [0.2, 0.25) is 10.0 Å². The number of nitrogens with zero attached hydrogens (tertiary/aromatic N) is 3. The number of thiophene rings is 1. The Kier molecular flexibility index (Phi) is 6.29. The van der Waals surface area contributed by atoms with Crippen molar-refractivity contribution in [2.24, 2.45) is 11.8 Å². The SMILES string of the molecule is CC1CC(C)CN(S(=O)(=O)c2ccc(C(=O)Nc3nnc(-c4ccc(Br)s4)o3)cc2)C1. The van der Waals surface area contributed by atoms with E-state index in [0.717, 1.165) is 15.1 Å². The Morgan fingerprint density at radius 1 is 1.13 bits per heavy atom. The maximum atomic E-state index is 13.0. The second-order valence-corrected chi connectivity index (χ2v) is 12.2. The number of amides is 1. The zero-order valence-electron chi connectivity index (χ0n) is 16.9. The number of rotatable bonds is 5. The number of anilines is 1. The van der Waals surface area contributed by atoms with Gasteiger partial charge in [-0.25, -0.2) is 8.42 Å². The molecule has 0 radical (unpaired) electrons. The molecule has 1 aliphatic rings. The van der Waals surface area contributed by atoms with E-state index >= 15 is 0 Å². The highest BCUT2D eigenvalue weighted by atomic mass is 79.9. The van der Waals surface area contributed by atoms with Gasteiger partial charge in [0.25, 0.3) is 11.8 Å². The summed E-state index contributed by atoms with van der Waals surface area (Å²) in [7, 11) is -3.60. The molecule has 0 saturated carbocycles. The molecule has 1 saturated heterocycles. The number of benzene rings is 1. The van der Waals surface area contributed by atoms with Crippen LogP contribution in [0.4, 0.5) is 6.01 Å². The molecule has 1 fully saturated rings. The summed E-state index contributed by atoms with van der Waals surface area (Å²) in [5, 5.41) is 10.3. The minimum absolute atomic E-state index is 0.0301. The highest BCUT2D eigenvalue weighted by molar-refractivity contribution is 9.11. The number of carbonyl (C=O) groups excluding carboxylic acids is 1. The van der Waals surface area contributed by atoms with Gasteiger partial charge in [-0.3, -0.25) is 10.1 Å². The molecule has 2 atom stereocenters. The molecule has 4 rings (SSSR count). The van der Waals surface area contributed by atoms with Crippen molar-refractivity contribution in [1.82, 2.24) is 14.5 Å². The van der Waals surface area contributed by atoms with E-state index in [9.17, 15) is 13.2 Å². The number of hydrogen-bond donors (Lipinski definition) is 1. The third-order valence-electron chi connectivity index (χ3n) is 5.02. The summed E-state index contributed by atoms with van der Waals surface area (Å²) in [6.45, 7) is 5.14. The molecule has 2 unspecified atom stereocenters. The van der Waals surface area contributed by atoms with E-state index in [4.69, 9.17) is 4.42 Å². The molecule has 8 nitrogen and oxygen atoms in total. The third-order valence-corrected chi connectivity index (χ3v) is 8.48. The third kappa shape index (κ3) is 4.89. The average molecular weight is 525 g/mol. The zero-order chi connectivity index (χ0) is 22.2.